The molecular weight excluding hydrogens is 448 g/mol. The lowest BCUT2D eigenvalue weighted by molar-refractivity contribution is 0.0947. The summed E-state index contributed by atoms with van der Waals surface area (Å²) in [5.74, 6) is 0.263. The van der Waals surface area contributed by atoms with Crippen LogP contribution in [0.2, 0.25) is 0 Å². The van der Waals surface area contributed by atoms with Crippen molar-refractivity contribution in [2.75, 3.05) is 23.9 Å². The topological polar surface area (TPSA) is 64.7 Å². The molecule has 0 aromatic heterocycles. The maximum atomic E-state index is 13.3. The standard InChI is InChI=1S/C30H28N4O2/c1-33(25-19-11-5-12-20-25)27(31-29(35)23-15-7-3-8-16-23)28(34(2)26-21-13-6-14-22-26)32-30(36)24-17-9-4-10-18-24/h3-22H,1-2H3,(H,31,35)(H,32,36)/b28-27+. The minimum absolute atomic E-state index is 0.290. The van der Waals surface area contributed by atoms with Gasteiger partial charge in [-0.2, -0.15) is 0 Å². The van der Waals surface area contributed by atoms with Crippen LogP contribution in [0.25, 0.3) is 0 Å². The molecule has 4 aromatic rings. The monoisotopic (exact) mass is 476 g/mol. The van der Waals surface area contributed by atoms with E-state index in [1.54, 1.807) is 24.3 Å². The van der Waals surface area contributed by atoms with Crippen LogP contribution in [0.5, 0.6) is 0 Å². The first kappa shape index (κ1) is 24.3. The first-order valence-corrected chi connectivity index (χ1v) is 11.6. The predicted octanol–water partition coefficient (Wildman–Crippen LogP) is 5.25. The normalized spacial score (nSPS) is 11.2. The molecule has 0 aliphatic carbocycles. The number of para-hydroxylation sites is 2. The van der Waals surface area contributed by atoms with E-state index in [2.05, 4.69) is 10.6 Å². The van der Waals surface area contributed by atoms with Crippen molar-refractivity contribution in [1.29, 1.82) is 0 Å². The van der Waals surface area contributed by atoms with E-state index < -0.39 is 0 Å². The fourth-order valence-corrected chi connectivity index (χ4v) is 3.70. The number of amides is 2. The van der Waals surface area contributed by atoms with Gasteiger partial charge in [-0.1, -0.05) is 72.8 Å². The highest BCUT2D eigenvalue weighted by Gasteiger charge is 2.23. The lowest BCUT2D eigenvalue weighted by Gasteiger charge is -2.31. The first-order valence-electron chi connectivity index (χ1n) is 11.6. The Morgan fingerprint density at radius 1 is 0.472 bits per heavy atom. The molecule has 0 saturated carbocycles. The Morgan fingerprint density at radius 2 is 0.750 bits per heavy atom. The van der Waals surface area contributed by atoms with E-state index in [0.29, 0.717) is 22.8 Å². The summed E-state index contributed by atoms with van der Waals surface area (Å²) in [4.78, 5) is 30.3. The van der Waals surface area contributed by atoms with Gasteiger partial charge in [0.15, 0.2) is 11.6 Å². The number of rotatable bonds is 8. The summed E-state index contributed by atoms with van der Waals surface area (Å²) < 4.78 is 0. The van der Waals surface area contributed by atoms with E-state index in [1.165, 1.54) is 0 Å². The molecule has 0 spiro atoms. The Labute approximate surface area is 211 Å². The van der Waals surface area contributed by atoms with E-state index in [-0.39, 0.29) is 11.8 Å². The maximum Gasteiger partial charge on any atom is 0.256 e. The number of carbonyl (C=O) groups is 2. The largest absolute Gasteiger partial charge is 0.328 e. The molecule has 36 heavy (non-hydrogen) atoms. The summed E-state index contributed by atoms with van der Waals surface area (Å²) in [5.41, 5.74) is 2.70. The third-order valence-electron chi connectivity index (χ3n) is 5.72. The minimum atomic E-state index is -0.290. The molecule has 4 rings (SSSR count). The quantitative estimate of drug-likeness (QED) is 0.365. The number of benzene rings is 4. The van der Waals surface area contributed by atoms with Gasteiger partial charge in [0.2, 0.25) is 0 Å². The molecular formula is C30H28N4O2. The van der Waals surface area contributed by atoms with Gasteiger partial charge in [0.25, 0.3) is 11.8 Å². The van der Waals surface area contributed by atoms with Crippen molar-refractivity contribution in [2.45, 2.75) is 0 Å². The SMILES string of the molecule is CN(/C(NC(=O)c1ccccc1)=C(\NC(=O)c1ccccc1)N(C)c1ccccc1)c1ccccc1. The lowest BCUT2D eigenvalue weighted by atomic mass is 10.2. The molecule has 0 radical (unpaired) electrons. The van der Waals surface area contributed by atoms with E-state index in [0.717, 1.165) is 11.4 Å². The van der Waals surface area contributed by atoms with E-state index in [4.69, 9.17) is 0 Å². The summed E-state index contributed by atoms with van der Waals surface area (Å²) in [6.45, 7) is 0. The molecule has 0 aliphatic heterocycles. The van der Waals surface area contributed by atoms with Crippen LogP contribution in [0.1, 0.15) is 20.7 Å². The molecule has 2 amide bonds. The van der Waals surface area contributed by atoms with Crippen LogP contribution in [-0.4, -0.2) is 25.9 Å². The zero-order chi connectivity index (χ0) is 25.3. The molecule has 6 nitrogen and oxygen atoms in total. The number of hydrogen-bond acceptors (Lipinski definition) is 4. The van der Waals surface area contributed by atoms with Crippen LogP contribution < -0.4 is 20.4 Å². The molecule has 0 aliphatic rings. The third kappa shape index (κ3) is 5.80. The highest BCUT2D eigenvalue weighted by atomic mass is 16.2. The van der Waals surface area contributed by atoms with E-state index in [1.807, 2.05) is 121 Å². The van der Waals surface area contributed by atoms with Gasteiger partial charge in [-0.05, 0) is 48.5 Å². The summed E-state index contributed by atoms with van der Waals surface area (Å²) >= 11 is 0. The molecule has 0 fully saturated rings. The van der Waals surface area contributed by atoms with E-state index in [9.17, 15) is 9.59 Å². The zero-order valence-electron chi connectivity index (χ0n) is 20.3. The number of nitrogens with one attached hydrogen (secondary N) is 2. The molecule has 0 heterocycles. The van der Waals surface area contributed by atoms with Crippen LogP contribution in [-0.2, 0) is 0 Å². The van der Waals surface area contributed by atoms with Crippen LogP contribution in [0.3, 0.4) is 0 Å². The lowest BCUT2D eigenvalue weighted by Crippen LogP contribution is -2.43. The summed E-state index contributed by atoms with van der Waals surface area (Å²) in [5, 5.41) is 6.10. The molecule has 6 heteroatoms. The number of anilines is 2. The first-order chi connectivity index (χ1) is 17.5. The molecule has 180 valence electrons. The van der Waals surface area contributed by atoms with Gasteiger partial charge in [0.05, 0.1) is 0 Å². The van der Waals surface area contributed by atoms with Crippen molar-refractivity contribution in [1.82, 2.24) is 10.6 Å². The molecule has 0 saturated heterocycles. The van der Waals surface area contributed by atoms with Crippen molar-refractivity contribution >= 4 is 23.2 Å². The molecule has 0 unspecified atom stereocenters. The van der Waals surface area contributed by atoms with Gasteiger partial charge < -0.3 is 20.4 Å². The van der Waals surface area contributed by atoms with Crippen LogP contribution >= 0.6 is 0 Å². The average molecular weight is 477 g/mol. The Bertz CT molecular complexity index is 1220. The fraction of sp³-hybridized carbons (Fsp3) is 0.0667. The average Bonchev–Trinajstić information content (AvgIpc) is 2.95. The van der Waals surface area contributed by atoms with Crippen LogP contribution in [0.4, 0.5) is 11.4 Å². The fourth-order valence-electron chi connectivity index (χ4n) is 3.70. The zero-order valence-corrected chi connectivity index (χ0v) is 20.3. The van der Waals surface area contributed by atoms with Gasteiger partial charge >= 0.3 is 0 Å². The number of hydrogen-bond donors (Lipinski definition) is 2. The number of nitrogens with zero attached hydrogens (tertiary/aromatic N) is 2. The van der Waals surface area contributed by atoms with Crippen LogP contribution in [0, 0.1) is 0 Å². The van der Waals surface area contributed by atoms with Crippen LogP contribution in [0.15, 0.2) is 133 Å². The number of carbonyl (C=O) groups excluding carboxylic acids is 2. The highest BCUT2D eigenvalue weighted by molar-refractivity contribution is 5.97. The molecule has 0 atom stereocenters. The maximum absolute atomic E-state index is 13.3. The van der Waals surface area contributed by atoms with Crippen molar-refractivity contribution in [3.63, 3.8) is 0 Å². The van der Waals surface area contributed by atoms with Gasteiger partial charge in [0.1, 0.15) is 0 Å². The van der Waals surface area contributed by atoms with Crippen molar-refractivity contribution in [2.24, 2.45) is 0 Å². The van der Waals surface area contributed by atoms with Gasteiger partial charge in [-0.15, -0.1) is 0 Å². The van der Waals surface area contributed by atoms with Gasteiger partial charge in [-0.3, -0.25) is 9.59 Å². The highest BCUT2D eigenvalue weighted by Crippen LogP contribution is 2.23. The minimum Gasteiger partial charge on any atom is -0.328 e. The van der Waals surface area contributed by atoms with Crippen molar-refractivity contribution in [3.05, 3.63) is 144 Å². The van der Waals surface area contributed by atoms with Crippen molar-refractivity contribution in [3.8, 4) is 0 Å². The second-order valence-electron chi connectivity index (χ2n) is 8.13. The Morgan fingerprint density at radius 3 is 1.06 bits per heavy atom. The predicted molar refractivity (Wildman–Crippen MR) is 145 cm³/mol. The Hall–Kier alpha value is -4.84. The summed E-state index contributed by atoms with van der Waals surface area (Å²) in [7, 11) is 3.70. The van der Waals surface area contributed by atoms with Crippen molar-refractivity contribution < 1.29 is 9.59 Å². The Balaban J connectivity index is 1.84. The van der Waals surface area contributed by atoms with Gasteiger partial charge in [-0.25, -0.2) is 0 Å². The third-order valence-corrected chi connectivity index (χ3v) is 5.72. The second kappa shape index (κ2) is 11.5. The summed E-state index contributed by atoms with van der Waals surface area (Å²) in [6.07, 6.45) is 0. The molecule has 0 bridgehead atoms. The molecule has 2 N–H and O–H groups in total. The second-order valence-corrected chi connectivity index (χ2v) is 8.13. The molecule has 4 aromatic carbocycles. The Kier molecular flexibility index (Phi) is 7.78. The van der Waals surface area contributed by atoms with E-state index >= 15 is 0 Å². The summed E-state index contributed by atoms with van der Waals surface area (Å²) in [6, 6.07) is 37.3. The smallest absolute Gasteiger partial charge is 0.256 e. The van der Waals surface area contributed by atoms with Gasteiger partial charge in [0, 0.05) is 36.6 Å².